The van der Waals surface area contributed by atoms with Gasteiger partial charge in [-0.2, -0.15) is 0 Å². The van der Waals surface area contributed by atoms with E-state index < -0.39 is 6.09 Å². The normalized spacial score (nSPS) is 12.6. The van der Waals surface area contributed by atoms with Crippen LogP contribution in [0.15, 0.2) is 42.5 Å². The number of rotatable bonds is 2. The first kappa shape index (κ1) is 14.9. The van der Waals surface area contributed by atoms with Crippen molar-refractivity contribution in [1.82, 2.24) is 0 Å². The first-order valence-electron chi connectivity index (χ1n) is 7.21. The molecule has 2 aromatic rings. The lowest BCUT2D eigenvalue weighted by Crippen LogP contribution is -2.29. The second kappa shape index (κ2) is 6.00. The Balaban J connectivity index is 2.06. The first-order chi connectivity index (χ1) is 11.1. The molecule has 2 amide bonds. The zero-order chi connectivity index (χ0) is 16.4. The van der Waals surface area contributed by atoms with E-state index in [1.807, 2.05) is 31.2 Å². The number of hydrogen-bond acceptors (Lipinski definition) is 4. The van der Waals surface area contributed by atoms with Gasteiger partial charge in [-0.05, 0) is 37.3 Å². The maximum atomic E-state index is 12.8. The summed E-state index contributed by atoms with van der Waals surface area (Å²) in [6.45, 7) is 2.41. The summed E-state index contributed by atoms with van der Waals surface area (Å²) in [5.74, 6) is 0.893. The zero-order valence-corrected chi connectivity index (χ0v) is 12.8. The summed E-state index contributed by atoms with van der Waals surface area (Å²) in [5.41, 5.74) is 1.57. The molecular weight excluding hydrogens is 296 g/mol. The molecule has 0 aliphatic carbocycles. The van der Waals surface area contributed by atoms with Crippen LogP contribution in [0.4, 0.5) is 16.2 Å². The number of carbonyl (C=O) groups excluding carboxylic acids is 2. The van der Waals surface area contributed by atoms with Gasteiger partial charge < -0.3 is 14.4 Å². The van der Waals surface area contributed by atoms with Crippen molar-refractivity contribution in [2.75, 3.05) is 23.9 Å². The molecule has 0 atom stereocenters. The fraction of sp³-hybridized carbons (Fsp3) is 0.176. The lowest BCUT2D eigenvalue weighted by atomic mass is 10.1. The first-order valence-corrected chi connectivity index (χ1v) is 7.21. The fourth-order valence-corrected chi connectivity index (χ4v) is 2.49. The Bertz CT molecular complexity index is 773. The van der Waals surface area contributed by atoms with Crippen LogP contribution in [0.3, 0.4) is 0 Å². The van der Waals surface area contributed by atoms with Gasteiger partial charge in [0, 0.05) is 12.2 Å². The lowest BCUT2D eigenvalue weighted by Gasteiger charge is -2.19. The second-order valence-corrected chi connectivity index (χ2v) is 4.95. The average molecular weight is 312 g/mol. The molecule has 0 aromatic heterocycles. The highest BCUT2D eigenvalue weighted by atomic mass is 16.5. The van der Waals surface area contributed by atoms with E-state index in [0.29, 0.717) is 29.3 Å². The molecule has 1 N–H and O–H groups in total. The van der Waals surface area contributed by atoms with Crippen molar-refractivity contribution >= 4 is 23.4 Å². The molecule has 0 fully saturated rings. The number of fused-ring (bicyclic) bond motifs is 2. The Labute approximate surface area is 133 Å². The molecule has 6 nitrogen and oxygen atoms in total. The molecule has 6 heteroatoms. The molecule has 23 heavy (non-hydrogen) atoms. The number of carbonyl (C=O) groups is 2. The number of methoxy groups -OCH3 is 1. The minimum atomic E-state index is -0.595. The second-order valence-electron chi connectivity index (χ2n) is 4.95. The van der Waals surface area contributed by atoms with Crippen molar-refractivity contribution in [2.24, 2.45) is 0 Å². The zero-order valence-electron chi connectivity index (χ0n) is 12.8. The van der Waals surface area contributed by atoms with Crippen LogP contribution >= 0.6 is 0 Å². The highest BCUT2D eigenvalue weighted by Gasteiger charge is 2.27. The van der Waals surface area contributed by atoms with Gasteiger partial charge in [-0.15, -0.1) is 0 Å². The molecule has 0 saturated heterocycles. The molecule has 0 bridgehead atoms. The van der Waals surface area contributed by atoms with Crippen molar-refractivity contribution in [3.05, 3.63) is 48.0 Å². The van der Waals surface area contributed by atoms with Crippen LogP contribution < -0.4 is 15.0 Å². The number of hydrogen-bond donors (Lipinski definition) is 1. The Kier molecular flexibility index (Phi) is 3.89. The van der Waals surface area contributed by atoms with Crippen LogP contribution in [-0.4, -0.2) is 25.7 Å². The predicted molar refractivity (Wildman–Crippen MR) is 86.3 cm³/mol. The molecule has 1 heterocycles. The summed E-state index contributed by atoms with van der Waals surface area (Å²) in [6.07, 6.45) is -0.595. The van der Waals surface area contributed by atoms with E-state index >= 15 is 0 Å². The maximum Gasteiger partial charge on any atom is 0.411 e. The van der Waals surface area contributed by atoms with Crippen LogP contribution in [0, 0.1) is 0 Å². The average Bonchev–Trinajstić information content (AvgIpc) is 2.69. The number of ether oxygens (including phenoxy) is 2. The van der Waals surface area contributed by atoms with E-state index in [1.54, 1.807) is 23.1 Å². The third-order valence-corrected chi connectivity index (χ3v) is 3.58. The van der Waals surface area contributed by atoms with Crippen molar-refractivity contribution in [3.8, 4) is 11.5 Å². The van der Waals surface area contributed by atoms with Gasteiger partial charge in [-0.3, -0.25) is 10.1 Å². The standard InChI is InChI=1S/C17H16N2O4/c1-3-19-13-6-4-5-7-15(13)23-14-9-8-11(18-17(21)22-2)10-12(14)16(19)20/h4-10H,3H2,1-2H3,(H,18,21). The highest BCUT2D eigenvalue weighted by Crippen LogP contribution is 2.39. The number of para-hydroxylation sites is 2. The Morgan fingerprint density at radius 2 is 2.00 bits per heavy atom. The molecule has 1 aliphatic heterocycles. The molecule has 2 aromatic carbocycles. The molecule has 0 radical (unpaired) electrons. The third-order valence-electron chi connectivity index (χ3n) is 3.58. The van der Waals surface area contributed by atoms with Gasteiger partial charge in [-0.25, -0.2) is 4.79 Å². The quantitative estimate of drug-likeness (QED) is 0.919. The Hall–Kier alpha value is -3.02. The van der Waals surface area contributed by atoms with Crippen molar-refractivity contribution in [2.45, 2.75) is 6.92 Å². The number of nitrogens with one attached hydrogen (secondary N) is 1. The number of nitrogens with zero attached hydrogens (tertiary/aromatic N) is 1. The lowest BCUT2D eigenvalue weighted by molar-refractivity contribution is 0.0988. The summed E-state index contributed by atoms with van der Waals surface area (Å²) < 4.78 is 10.5. The summed E-state index contributed by atoms with van der Waals surface area (Å²) >= 11 is 0. The SMILES string of the molecule is CCN1C(=O)c2cc(NC(=O)OC)ccc2Oc2ccccc21. The van der Waals surface area contributed by atoms with Gasteiger partial charge in [0.2, 0.25) is 0 Å². The van der Waals surface area contributed by atoms with E-state index in [4.69, 9.17) is 4.74 Å². The highest BCUT2D eigenvalue weighted by molar-refractivity contribution is 6.10. The van der Waals surface area contributed by atoms with E-state index in [1.165, 1.54) is 7.11 Å². The summed E-state index contributed by atoms with van der Waals surface area (Å²) in [4.78, 5) is 25.8. The van der Waals surface area contributed by atoms with Crippen LogP contribution in [0.2, 0.25) is 0 Å². The minimum Gasteiger partial charge on any atom is -0.454 e. The topological polar surface area (TPSA) is 67.9 Å². The summed E-state index contributed by atoms with van der Waals surface area (Å²) in [6, 6.07) is 12.3. The van der Waals surface area contributed by atoms with Gasteiger partial charge in [0.1, 0.15) is 5.75 Å². The minimum absolute atomic E-state index is 0.180. The van der Waals surface area contributed by atoms with E-state index in [-0.39, 0.29) is 5.91 Å². The maximum absolute atomic E-state index is 12.8. The molecular formula is C17H16N2O4. The van der Waals surface area contributed by atoms with Crippen LogP contribution in [0.25, 0.3) is 0 Å². The molecule has 0 saturated carbocycles. The molecule has 0 unspecified atom stereocenters. The van der Waals surface area contributed by atoms with Gasteiger partial charge in [-0.1, -0.05) is 12.1 Å². The van der Waals surface area contributed by atoms with E-state index in [2.05, 4.69) is 10.1 Å². The molecule has 0 spiro atoms. The predicted octanol–water partition coefficient (Wildman–Crippen LogP) is 3.64. The third kappa shape index (κ3) is 2.70. The van der Waals surface area contributed by atoms with Gasteiger partial charge in [0.05, 0.1) is 18.4 Å². The van der Waals surface area contributed by atoms with E-state index in [0.717, 1.165) is 5.69 Å². The van der Waals surface area contributed by atoms with Crippen molar-refractivity contribution in [3.63, 3.8) is 0 Å². The largest absolute Gasteiger partial charge is 0.454 e. The number of benzene rings is 2. The smallest absolute Gasteiger partial charge is 0.411 e. The van der Waals surface area contributed by atoms with E-state index in [9.17, 15) is 9.59 Å². The molecule has 1 aliphatic rings. The number of amides is 2. The van der Waals surface area contributed by atoms with Crippen molar-refractivity contribution < 1.29 is 19.1 Å². The van der Waals surface area contributed by atoms with Crippen molar-refractivity contribution in [1.29, 1.82) is 0 Å². The van der Waals surface area contributed by atoms with Gasteiger partial charge in [0.15, 0.2) is 5.75 Å². The summed E-state index contributed by atoms with van der Waals surface area (Å²) in [7, 11) is 1.28. The monoisotopic (exact) mass is 312 g/mol. The number of anilines is 2. The van der Waals surface area contributed by atoms with Crippen LogP contribution in [-0.2, 0) is 4.74 Å². The molecule has 3 rings (SSSR count). The van der Waals surface area contributed by atoms with Crippen LogP contribution in [0.5, 0.6) is 11.5 Å². The summed E-state index contributed by atoms with van der Waals surface area (Å²) in [5, 5.41) is 2.55. The van der Waals surface area contributed by atoms with Crippen LogP contribution in [0.1, 0.15) is 17.3 Å². The molecule has 118 valence electrons. The Morgan fingerprint density at radius 1 is 1.22 bits per heavy atom. The Morgan fingerprint density at radius 3 is 2.74 bits per heavy atom. The van der Waals surface area contributed by atoms with Gasteiger partial charge in [0.25, 0.3) is 5.91 Å². The van der Waals surface area contributed by atoms with Gasteiger partial charge >= 0.3 is 6.09 Å². The fourth-order valence-electron chi connectivity index (χ4n) is 2.49.